The second-order valence-electron chi connectivity index (χ2n) is 4.85. The van der Waals surface area contributed by atoms with Gasteiger partial charge in [-0.25, -0.2) is 0 Å². The summed E-state index contributed by atoms with van der Waals surface area (Å²) >= 11 is 0. The summed E-state index contributed by atoms with van der Waals surface area (Å²) < 4.78 is 5.11. The fourth-order valence-corrected chi connectivity index (χ4v) is 2.26. The van der Waals surface area contributed by atoms with Crippen molar-refractivity contribution in [2.24, 2.45) is 5.16 Å². The number of hydrogen-bond donors (Lipinski definition) is 1. The maximum absolute atomic E-state index is 12.1. The molecule has 0 heterocycles. The van der Waals surface area contributed by atoms with Crippen molar-refractivity contribution in [3.8, 4) is 5.75 Å². The average Bonchev–Trinajstić information content (AvgIpc) is 2.33. The molecule has 0 saturated heterocycles. The average molecular weight is 233 g/mol. The molecule has 0 unspecified atom stereocenters. The van der Waals surface area contributed by atoms with Crippen molar-refractivity contribution < 1.29 is 14.7 Å². The largest absolute Gasteiger partial charge is 0.497 e. The Morgan fingerprint density at radius 2 is 2.12 bits per heavy atom. The van der Waals surface area contributed by atoms with Gasteiger partial charge in [0.1, 0.15) is 11.5 Å². The molecule has 90 valence electrons. The molecule has 0 saturated carbocycles. The first kappa shape index (κ1) is 11.6. The smallest absolute Gasteiger partial charge is 0.211 e. The monoisotopic (exact) mass is 233 g/mol. The van der Waals surface area contributed by atoms with Gasteiger partial charge in [-0.05, 0) is 23.1 Å². The van der Waals surface area contributed by atoms with Crippen molar-refractivity contribution in [3.05, 3.63) is 29.3 Å². The second-order valence-corrected chi connectivity index (χ2v) is 4.85. The quantitative estimate of drug-likeness (QED) is 0.598. The molecule has 0 bridgehead atoms. The highest BCUT2D eigenvalue weighted by Gasteiger charge is 2.36. The summed E-state index contributed by atoms with van der Waals surface area (Å²) in [5.74, 6) is 0.410. The normalized spacial score (nSPS) is 20.2. The van der Waals surface area contributed by atoms with Crippen molar-refractivity contribution in [2.45, 2.75) is 25.7 Å². The molecule has 17 heavy (non-hydrogen) atoms. The highest BCUT2D eigenvalue weighted by atomic mass is 16.5. The maximum Gasteiger partial charge on any atom is 0.211 e. The minimum absolute atomic E-state index is 0.204. The number of rotatable bonds is 1. The number of fused-ring (bicyclic) bond motifs is 1. The van der Waals surface area contributed by atoms with E-state index in [9.17, 15) is 4.79 Å². The van der Waals surface area contributed by atoms with Gasteiger partial charge in [0.25, 0.3) is 0 Å². The maximum atomic E-state index is 12.1. The van der Waals surface area contributed by atoms with Gasteiger partial charge in [0, 0.05) is 12.0 Å². The van der Waals surface area contributed by atoms with Crippen LogP contribution in [0.2, 0.25) is 0 Å². The lowest BCUT2D eigenvalue weighted by atomic mass is 9.71. The van der Waals surface area contributed by atoms with Crippen LogP contribution in [-0.2, 0) is 5.41 Å². The van der Waals surface area contributed by atoms with Crippen LogP contribution >= 0.6 is 0 Å². The number of ether oxygens (including phenoxy) is 1. The molecule has 0 aliphatic heterocycles. The zero-order valence-corrected chi connectivity index (χ0v) is 10.2. The van der Waals surface area contributed by atoms with E-state index in [-0.39, 0.29) is 16.9 Å². The number of ketones is 1. The lowest BCUT2D eigenvalue weighted by Gasteiger charge is -2.31. The number of Topliss-reactive ketones (excluding diaryl/α,β-unsaturated/α-hetero) is 1. The highest BCUT2D eigenvalue weighted by Crippen LogP contribution is 2.37. The van der Waals surface area contributed by atoms with E-state index in [1.165, 1.54) is 0 Å². The predicted molar refractivity (Wildman–Crippen MR) is 64.2 cm³/mol. The standard InChI is InChI=1S/C13H15NO3/c1-13(2)7-11(14-16)12(15)9-6-8(17-3)4-5-10(9)13/h4-6,16H,7H2,1-3H3. The molecule has 0 amide bonds. The van der Waals surface area contributed by atoms with Crippen LogP contribution in [0, 0.1) is 0 Å². The summed E-state index contributed by atoms with van der Waals surface area (Å²) in [6, 6.07) is 5.44. The van der Waals surface area contributed by atoms with E-state index in [0.29, 0.717) is 17.7 Å². The number of oxime groups is 1. The van der Waals surface area contributed by atoms with Gasteiger partial charge in [0.2, 0.25) is 5.78 Å². The molecule has 0 fully saturated rings. The number of nitrogens with zero attached hydrogens (tertiary/aromatic N) is 1. The Hall–Kier alpha value is -1.84. The van der Waals surface area contributed by atoms with E-state index in [4.69, 9.17) is 9.94 Å². The number of hydrogen-bond acceptors (Lipinski definition) is 4. The molecule has 0 aromatic heterocycles. The fourth-order valence-electron chi connectivity index (χ4n) is 2.26. The Labute approximate surface area is 99.9 Å². The number of methoxy groups -OCH3 is 1. The summed E-state index contributed by atoms with van der Waals surface area (Å²) in [6.07, 6.45) is 0.446. The van der Waals surface area contributed by atoms with E-state index in [1.807, 2.05) is 26.0 Å². The third-order valence-electron chi connectivity index (χ3n) is 3.19. The van der Waals surface area contributed by atoms with Gasteiger partial charge >= 0.3 is 0 Å². The van der Waals surface area contributed by atoms with Gasteiger partial charge in [0.15, 0.2) is 0 Å². The van der Waals surface area contributed by atoms with Crippen molar-refractivity contribution >= 4 is 11.5 Å². The first-order valence-corrected chi connectivity index (χ1v) is 5.44. The number of carbonyl (C=O) groups excluding carboxylic acids is 1. The molecular formula is C13H15NO3. The van der Waals surface area contributed by atoms with E-state index < -0.39 is 0 Å². The first-order chi connectivity index (χ1) is 7.99. The molecule has 1 aliphatic carbocycles. The molecule has 0 radical (unpaired) electrons. The zero-order chi connectivity index (χ0) is 12.6. The lowest BCUT2D eigenvalue weighted by Crippen LogP contribution is -2.34. The Bertz CT molecular complexity index is 503. The van der Waals surface area contributed by atoms with Crippen LogP contribution in [0.3, 0.4) is 0 Å². The van der Waals surface area contributed by atoms with Gasteiger partial charge in [-0.2, -0.15) is 0 Å². The Balaban J connectivity index is 2.64. The van der Waals surface area contributed by atoms with Crippen LogP contribution in [0.25, 0.3) is 0 Å². The minimum Gasteiger partial charge on any atom is -0.497 e. The third kappa shape index (κ3) is 1.79. The third-order valence-corrected chi connectivity index (χ3v) is 3.19. The van der Waals surface area contributed by atoms with Crippen LogP contribution in [0.5, 0.6) is 5.75 Å². The van der Waals surface area contributed by atoms with Crippen LogP contribution in [0.15, 0.2) is 23.4 Å². The lowest BCUT2D eigenvalue weighted by molar-refractivity contribution is 0.104. The van der Waals surface area contributed by atoms with Crippen molar-refractivity contribution in [1.82, 2.24) is 0 Å². The molecule has 1 aliphatic rings. The van der Waals surface area contributed by atoms with Crippen LogP contribution in [0.1, 0.15) is 36.2 Å². The Kier molecular flexibility index (Phi) is 2.65. The SMILES string of the molecule is COc1ccc2c(c1)C(=O)C(=NO)CC2(C)C. The molecule has 0 spiro atoms. The van der Waals surface area contributed by atoms with Crippen LogP contribution < -0.4 is 4.74 Å². The zero-order valence-electron chi connectivity index (χ0n) is 10.2. The number of benzene rings is 1. The van der Waals surface area contributed by atoms with E-state index >= 15 is 0 Å². The van der Waals surface area contributed by atoms with Gasteiger partial charge in [-0.1, -0.05) is 25.1 Å². The predicted octanol–water partition coefficient (Wildman–Crippen LogP) is 2.39. The first-order valence-electron chi connectivity index (χ1n) is 5.44. The summed E-state index contributed by atoms with van der Waals surface area (Å²) in [5, 5.41) is 12.0. The Morgan fingerprint density at radius 3 is 2.71 bits per heavy atom. The topological polar surface area (TPSA) is 58.9 Å². The molecule has 2 rings (SSSR count). The van der Waals surface area contributed by atoms with Crippen molar-refractivity contribution in [3.63, 3.8) is 0 Å². The molecule has 1 aromatic carbocycles. The van der Waals surface area contributed by atoms with Gasteiger partial charge < -0.3 is 9.94 Å². The molecule has 1 aromatic rings. The van der Waals surface area contributed by atoms with Crippen LogP contribution in [-0.4, -0.2) is 23.8 Å². The minimum atomic E-state index is -0.222. The second kappa shape index (κ2) is 3.87. The Morgan fingerprint density at radius 1 is 1.41 bits per heavy atom. The summed E-state index contributed by atoms with van der Waals surface area (Å²) in [6.45, 7) is 4.05. The molecule has 1 N–H and O–H groups in total. The summed E-state index contributed by atoms with van der Waals surface area (Å²) in [5.41, 5.74) is 1.52. The number of carbonyl (C=O) groups is 1. The molecule has 4 heteroatoms. The highest BCUT2D eigenvalue weighted by molar-refractivity contribution is 6.47. The summed E-state index contributed by atoms with van der Waals surface area (Å²) in [4.78, 5) is 12.1. The van der Waals surface area contributed by atoms with E-state index in [1.54, 1.807) is 13.2 Å². The molecular weight excluding hydrogens is 218 g/mol. The summed E-state index contributed by atoms with van der Waals surface area (Å²) in [7, 11) is 1.56. The van der Waals surface area contributed by atoms with Crippen molar-refractivity contribution in [1.29, 1.82) is 0 Å². The van der Waals surface area contributed by atoms with E-state index in [0.717, 1.165) is 5.56 Å². The van der Waals surface area contributed by atoms with Gasteiger partial charge in [-0.3, -0.25) is 4.79 Å². The molecule has 4 nitrogen and oxygen atoms in total. The van der Waals surface area contributed by atoms with Crippen LogP contribution in [0.4, 0.5) is 0 Å². The molecule has 0 atom stereocenters. The van der Waals surface area contributed by atoms with Gasteiger partial charge in [0.05, 0.1) is 7.11 Å². The fraction of sp³-hybridized carbons (Fsp3) is 0.385. The van der Waals surface area contributed by atoms with Gasteiger partial charge in [-0.15, -0.1) is 0 Å². The van der Waals surface area contributed by atoms with Crippen molar-refractivity contribution in [2.75, 3.05) is 7.11 Å². The van der Waals surface area contributed by atoms with E-state index in [2.05, 4.69) is 5.16 Å².